The fourth-order valence-corrected chi connectivity index (χ4v) is 1.38. The molecule has 0 aliphatic carbocycles. The second kappa shape index (κ2) is 3.55. The zero-order valence-electron chi connectivity index (χ0n) is 6.27. The van der Waals surface area contributed by atoms with Crippen LogP contribution in [0, 0.1) is 17.1 Å². The fraction of sp³-hybridized carbons (Fsp3) is 0.125. The zero-order chi connectivity index (χ0) is 9.14. The molecule has 0 atom stereocenters. The van der Waals surface area contributed by atoms with Gasteiger partial charge in [-0.3, -0.25) is 0 Å². The van der Waals surface area contributed by atoms with E-state index in [0.29, 0.717) is 10.0 Å². The van der Waals surface area contributed by atoms with Gasteiger partial charge in [-0.15, -0.1) is 0 Å². The van der Waals surface area contributed by atoms with Gasteiger partial charge in [-0.2, -0.15) is 5.26 Å². The molecular weight excluding hydrogens is 225 g/mol. The third kappa shape index (κ3) is 1.41. The molecule has 0 amide bonds. The maximum Gasteiger partial charge on any atom is 0.169 e. The molecule has 0 aliphatic heterocycles. The normalized spacial score (nSPS) is 9.17. The Kier molecular flexibility index (Phi) is 2.66. The van der Waals surface area contributed by atoms with Crippen LogP contribution in [0.3, 0.4) is 0 Å². The molecule has 62 valence electrons. The van der Waals surface area contributed by atoms with Crippen molar-refractivity contribution in [3.05, 3.63) is 28.0 Å². The van der Waals surface area contributed by atoms with Crippen LogP contribution in [-0.2, 0) is 0 Å². The molecule has 0 saturated heterocycles. The first-order valence-corrected chi connectivity index (χ1v) is 3.92. The van der Waals surface area contributed by atoms with Crippen molar-refractivity contribution in [3.63, 3.8) is 0 Å². The molecule has 0 aliphatic rings. The minimum atomic E-state index is -0.483. The van der Waals surface area contributed by atoms with Crippen LogP contribution in [0.15, 0.2) is 16.6 Å². The van der Waals surface area contributed by atoms with E-state index < -0.39 is 5.82 Å². The van der Waals surface area contributed by atoms with Crippen molar-refractivity contribution in [3.8, 4) is 11.8 Å². The summed E-state index contributed by atoms with van der Waals surface area (Å²) in [5, 5.41) is 8.57. The molecule has 0 aromatic heterocycles. The van der Waals surface area contributed by atoms with E-state index in [1.807, 2.05) is 6.07 Å². The Morgan fingerprint density at radius 3 is 2.75 bits per heavy atom. The third-order valence-electron chi connectivity index (χ3n) is 1.37. The Hall–Kier alpha value is -1.08. The highest BCUT2D eigenvalue weighted by atomic mass is 79.9. The topological polar surface area (TPSA) is 33.0 Å². The lowest BCUT2D eigenvalue weighted by Crippen LogP contribution is -1.91. The van der Waals surface area contributed by atoms with Crippen LogP contribution in [0.5, 0.6) is 5.75 Å². The van der Waals surface area contributed by atoms with Crippen LogP contribution in [-0.4, -0.2) is 7.11 Å². The quantitative estimate of drug-likeness (QED) is 0.742. The predicted molar refractivity (Wildman–Crippen MR) is 45.4 cm³/mol. The zero-order valence-corrected chi connectivity index (χ0v) is 7.85. The molecule has 2 nitrogen and oxygen atoms in total. The van der Waals surface area contributed by atoms with Crippen molar-refractivity contribution in [2.45, 2.75) is 0 Å². The van der Waals surface area contributed by atoms with E-state index in [9.17, 15) is 4.39 Å². The molecule has 0 heterocycles. The average Bonchev–Trinajstić information content (AvgIpc) is 2.06. The van der Waals surface area contributed by atoms with Crippen molar-refractivity contribution < 1.29 is 9.13 Å². The van der Waals surface area contributed by atoms with E-state index in [1.54, 1.807) is 0 Å². The first-order chi connectivity index (χ1) is 5.70. The molecule has 1 aromatic rings. The van der Waals surface area contributed by atoms with Crippen molar-refractivity contribution in [1.82, 2.24) is 0 Å². The fourth-order valence-electron chi connectivity index (χ4n) is 0.806. The Balaban J connectivity index is 3.36. The number of rotatable bonds is 1. The monoisotopic (exact) mass is 229 g/mol. The molecule has 12 heavy (non-hydrogen) atoms. The summed E-state index contributed by atoms with van der Waals surface area (Å²) in [4.78, 5) is 0. The lowest BCUT2D eigenvalue weighted by Gasteiger charge is -2.04. The van der Waals surface area contributed by atoms with E-state index >= 15 is 0 Å². The van der Waals surface area contributed by atoms with Crippen molar-refractivity contribution in [2.75, 3.05) is 7.11 Å². The van der Waals surface area contributed by atoms with Gasteiger partial charge in [0, 0.05) is 0 Å². The van der Waals surface area contributed by atoms with Gasteiger partial charge in [-0.25, -0.2) is 4.39 Å². The summed E-state index contributed by atoms with van der Waals surface area (Å²) in [6.45, 7) is 0. The van der Waals surface area contributed by atoms with E-state index in [-0.39, 0.29) is 5.75 Å². The molecule has 0 N–H and O–H groups in total. The molecule has 1 aromatic carbocycles. The van der Waals surface area contributed by atoms with Crippen molar-refractivity contribution >= 4 is 15.9 Å². The maximum atomic E-state index is 12.9. The lowest BCUT2D eigenvalue weighted by molar-refractivity contribution is 0.383. The van der Waals surface area contributed by atoms with Gasteiger partial charge in [0.05, 0.1) is 17.1 Å². The maximum absolute atomic E-state index is 12.9. The number of benzene rings is 1. The molecule has 4 heteroatoms. The van der Waals surface area contributed by atoms with Crippen LogP contribution in [0.2, 0.25) is 0 Å². The Morgan fingerprint density at radius 2 is 2.25 bits per heavy atom. The average molecular weight is 230 g/mol. The van der Waals surface area contributed by atoms with E-state index in [0.717, 1.165) is 0 Å². The SMILES string of the molecule is COc1c(F)ccc(C#N)c1Br. The second-order valence-electron chi connectivity index (χ2n) is 2.05. The summed E-state index contributed by atoms with van der Waals surface area (Å²) in [5.74, 6) is -0.419. The molecule has 0 saturated carbocycles. The minimum Gasteiger partial charge on any atom is -0.492 e. The summed E-state index contributed by atoms with van der Waals surface area (Å²) in [5.41, 5.74) is 0.355. The van der Waals surface area contributed by atoms with Crippen LogP contribution in [0.4, 0.5) is 4.39 Å². The van der Waals surface area contributed by atoms with Gasteiger partial charge in [0.25, 0.3) is 0 Å². The van der Waals surface area contributed by atoms with Gasteiger partial charge in [0.2, 0.25) is 0 Å². The lowest BCUT2D eigenvalue weighted by atomic mass is 10.2. The molecule has 0 radical (unpaired) electrons. The number of hydrogen-bond acceptors (Lipinski definition) is 2. The number of hydrogen-bond donors (Lipinski definition) is 0. The van der Waals surface area contributed by atoms with Crippen LogP contribution in [0.25, 0.3) is 0 Å². The Morgan fingerprint density at radius 1 is 1.58 bits per heavy atom. The number of ether oxygens (including phenoxy) is 1. The number of methoxy groups -OCH3 is 1. The summed E-state index contributed by atoms with van der Waals surface area (Å²) in [7, 11) is 1.35. The van der Waals surface area contributed by atoms with Crippen LogP contribution in [0.1, 0.15) is 5.56 Å². The second-order valence-corrected chi connectivity index (χ2v) is 2.85. The molecule has 1 rings (SSSR count). The van der Waals surface area contributed by atoms with Gasteiger partial charge in [0.1, 0.15) is 6.07 Å². The smallest absolute Gasteiger partial charge is 0.169 e. The van der Waals surface area contributed by atoms with Crippen LogP contribution < -0.4 is 4.74 Å². The summed E-state index contributed by atoms with van der Waals surface area (Å²) < 4.78 is 18.0. The van der Waals surface area contributed by atoms with E-state index in [2.05, 4.69) is 15.9 Å². The standard InChI is InChI=1S/C8H5BrFNO/c1-12-8-6(10)3-2-5(4-11)7(8)9/h2-3H,1H3. The van der Waals surface area contributed by atoms with Gasteiger partial charge in [0.15, 0.2) is 11.6 Å². The predicted octanol–water partition coefficient (Wildman–Crippen LogP) is 2.47. The molecule has 0 fully saturated rings. The Labute approximate surface area is 77.7 Å². The number of nitriles is 1. The summed E-state index contributed by atoms with van der Waals surface area (Å²) in [6.07, 6.45) is 0. The van der Waals surface area contributed by atoms with Gasteiger partial charge >= 0.3 is 0 Å². The largest absolute Gasteiger partial charge is 0.492 e. The van der Waals surface area contributed by atoms with Crippen molar-refractivity contribution in [1.29, 1.82) is 5.26 Å². The van der Waals surface area contributed by atoms with E-state index in [4.69, 9.17) is 10.00 Å². The third-order valence-corrected chi connectivity index (χ3v) is 2.16. The first-order valence-electron chi connectivity index (χ1n) is 3.12. The minimum absolute atomic E-state index is 0.0639. The van der Waals surface area contributed by atoms with Crippen molar-refractivity contribution in [2.24, 2.45) is 0 Å². The Bertz CT molecular complexity index is 346. The van der Waals surface area contributed by atoms with Crippen LogP contribution >= 0.6 is 15.9 Å². The van der Waals surface area contributed by atoms with E-state index in [1.165, 1.54) is 19.2 Å². The van der Waals surface area contributed by atoms with Gasteiger partial charge in [-0.1, -0.05) is 0 Å². The van der Waals surface area contributed by atoms with Gasteiger partial charge in [-0.05, 0) is 28.1 Å². The number of nitrogens with zero attached hydrogens (tertiary/aromatic N) is 1. The highest BCUT2D eigenvalue weighted by molar-refractivity contribution is 9.10. The molecule has 0 bridgehead atoms. The highest BCUT2D eigenvalue weighted by Crippen LogP contribution is 2.30. The molecular formula is C8H5BrFNO. The summed E-state index contributed by atoms with van der Waals surface area (Å²) >= 11 is 3.06. The highest BCUT2D eigenvalue weighted by Gasteiger charge is 2.10. The molecule has 0 spiro atoms. The summed E-state index contributed by atoms with van der Waals surface area (Å²) in [6, 6.07) is 4.49. The number of halogens is 2. The van der Waals surface area contributed by atoms with Gasteiger partial charge < -0.3 is 4.74 Å². The first kappa shape index (κ1) is 9.01. The molecule has 0 unspecified atom stereocenters.